The Morgan fingerprint density at radius 2 is 1.87 bits per heavy atom. The van der Waals surface area contributed by atoms with Gasteiger partial charge in [-0.25, -0.2) is 0 Å². The van der Waals surface area contributed by atoms with Gasteiger partial charge in [0.2, 0.25) is 0 Å². The number of ether oxygens (including phenoxy) is 1. The molecule has 0 radical (unpaired) electrons. The summed E-state index contributed by atoms with van der Waals surface area (Å²) in [5.74, 6) is -0.393. The molecule has 1 saturated heterocycles. The van der Waals surface area contributed by atoms with Crippen molar-refractivity contribution in [2.45, 2.75) is 38.8 Å². The van der Waals surface area contributed by atoms with Gasteiger partial charge < -0.3 is 15.4 Å². The molecule has 1 atom stereocenters. The molecule has 5 rings (SSSR count). The van der Waals surface area contributed by atoms with Crippen molar-refractivity contribution in [2.75, 3.05) is 30.3 Å². The predicted molar refractivity (Wildman–Crippen MR) is 155 cm³/mol. The van der Waals surface area contributed by atoms with Gasteiger partial charge in [-0.1, -0.05) is 43.3 Å². The van der Waals surface area contributed by atoms with Gasteiger partial charge in [0.25, 0.3) is 5.91 Å². The van der Waals surface area contributed by atoms with Gasteiger partial charge >= 0.3 is 5.97 Å². The summed E-state index contributed by atoms with van der Waals surface area (Å²) >= 11 is 0. The molecular weight excluding hydrogens is 488 g/mol. The first-order valence-electron chi connectivity index (χ1n) is 13.5. The predicted octanol–water partition coefficient (Wildman–Crippen LogP) is 5.67. The van der Waals surface area contributed by atoms with E-state index in [0.29, 0.717) is 23.9 Å². The molecule has 0 saturated carbocycles. The van der Waals surface area contributed by atoms with Gasteiger partial charge in [0.15, 0.2) is 0 Å². The van der Waals surface area contributed by atoms with Crippen LogP contribution in [0.25, 0.3) is 10.8 Å². The maximum absolute atomic E-state index is 12.9. The van der Waals surface area contributed by atoms with E-state index in [4.69, 9.17) is 4.74 Å². The highest BCUT2D eigenvalue weighted by molar-refractivity contribution is 6.04. The van der Waals surface area contributed by atoms with Crippen LogP contribution in [0.1, 0.15) is 41.3 Å². The van der Waals surface area contributed by atoms with Crippen molar-refractivity contribution in [2.24, 2.45) is 0 Å². The van der Waals surface area contributed by atoms with E-state index in [1.165, 1.54) is 5.39 Å². The number of carbonyl (C=O) groups is 2. The quantitative estimate of drug-likeness (QED) is 0.261. The maximum Gasteiger partial charge on any atom is 0.310 e. The molecule has 0 spiro atoms. The molecular formula is C32H34N4O3. The van der Waals surface area contributed by atoms with Crippen molar-refractivity contribution in [1.29, 1.82) is 0 Å². The van der Waals surface area contributed by atoms with Crippen molar-refractivity contribution in [1.82, 2.24) is 9.88 Å². The second-order valence-corrected chi connectivity index (χ2v) is 10.0. The molecule has 7 nitrogen and oxygen atoms in total. The highest BCUT2D eigenvalue weighted by Gasteiger charge is 2.23. The van der Waals surface area contributed by atoms with Gasteiger partial charge in [-0.2, -0.15) is 0 Å². The monoisotopic (exact) mass is 522 g/mol. The summed E-state index contributed by atoms with van der Waals surface area (Å²) in [5, 5.41) is 9.00. The van der Waals surface area contributed by atoms with Gasteiger partial charge in [0.1, 0.15) is 0 Å². The number of fused-ring (bicyclic) bond motifs is 1. The second kappa shape index (κ2) is 12.5. The lowest BCUT2D eigenvalue weighted by Gasteiger charge is -2.18. The lowest BCUT2D eigenvalue weighted by molar-refractivity contribution is -0.142. The zero-order valence-corrected chi connectivity index (χ0v) is 22.2. The summed E-state index contributed by atoms with van der Waals surface area (Å²) in [4.78, 5) is 31.4. The first-order valence-corrected chi connectivity index (χ1v) is 13.5. The molecule has 1 unspecified atom stereocenters. The largest absolute Gasteiger partial charge is 0.465 e. The summed E-state index contributed by atoms with van der Waals surface area (Å²) in [6.45, 7) is 5.13. The first-order chi connectivity index (χ1) is 19.1. The Balaban J connectivity index is 1.14. The van der Waals surface area contributed by atoms with Crippen molar-refractivity contribution in [3.8, 4) is 0 Å². The number of anilines is 2. The van der Waals surface area contributed by atoms with Crippen LogP contribution in [0.3, 0.4) is 0 Å². The normalized spacial score (nSPS) is 15.3. The van der Waals surface area contributed by atoms with Crippen LogP contribution in [0, 0.1) is 0 Å². The molecule has 0 aliphatic carbocycles. The summed E-state index contributed by atoms with van der Waals surface area (Å²) in [5.41, 5.74) is 4.42. The number of hydrogen-bond donors (Lipinski definition) is 2. The lowest BCUT2D eigenvalue weighted by Crippen LogP contribution is -2.26. The number of nitrogens with zero attached hydrogens (tertiary/aromatic N) is 2. The van der Waals surface area contributed by atoms with Crippen molar-refractivity contribution in [3.05, 3.63) is 102 Å². The first kappa shape index (κ1) is 26.4. The molecule has 1 fully saturated rings. The van der Waals surface area contributed by atoms with Crippen molar-refractivity contribution >= 4 is 34.0 Å². The number of rotatable bonds is 10. The smallest absolute Gasteiger partial charge is 0.310 e. The number of esters is 1. The molecule has 1 amide bonds. The van der Waals surface area contributed by atoms with Crippen LogP contribution in [0.2, 0.25) is 0 Å². The third-order valence-electron chi connectivity index (χ3n) is 6.94. The molecule has 0 bridgehead atoms. The molecule has 39 heavy (non-hydrogen) atoms. The average Bonchev–Trinajstić information content (AvgIpc) is 3.39. The number of aromatic nitrogens is 1. The van der Waals surface area contributed by atoms with E-state index in [1.807, 2.05) is 61.8 Å². The summed E-state index contributed by atoms with van der Waals surface area (Å²) in [6.07, 6.45) is 5.82. The zero-order chi connectivity index (χ0) is 27.0. The molecule has 200 valence electrons. The number of pyridine rings is 1. The molecule has 3 aromatic carbocycles. The number of nitrogens with one attached hydrogen (secondary N) is 2. The van der Waals surface area contributed by atoms with Crippen LogP contribution in [0.4, 0.5) is 11.4 Å². The van der Waals surface area contributed by atoms with Crippen LogP contribution in [0.15, 0.2) is 85.2 Å². The fourth-order valence-electron chi connectivity index (χ4n) is 4.97. The summed E-state index contributed by atoms with van der Waals surface area (Å²) in [6, 6.07) is 23.8. The Hall–Kier alpha value is -4.23. The second-order valence-electron chi connectivity index (χ2n) is 10.0. The third-order valence-corrected chi connectivity index (χ3v) is 6.94. The van der Waals surface area contributed by atoms with E-state index < -0.39 is 0 Å². The summed E-state index contributed by atoms with van der Waals surface area (Å²) < 4.78 is 5.14. The van der Waals surface area contributed by atoms with Crippen LogP contribution in [0.5, 0.6) is 0 Å². The Morgan fingerprint density at radius 1 is 1.03 bits per heavy atom. The van der Waals surface area contributed by atoms with Crippen LogP contribution < -0.4 is 10.6 Å². The summed E-state index contributed by atoms with van der Waals surface area (Å²) in [7, 11) is 0. The molecule has 4 aromatic rings. The molecule has 1 aliphatic rings. The number of hydrogen-bond acceptors (Lipinski definition) is 6. The number of carbonyl (C=O) groups excluding carboxylic acids is 2. The van der Waals surface area contributed by atoms with E-state index >= 15 is 0 Å². The molecule has 2 N–H and O–H groups in total. The van der Waals surface area contributed by atoms with Gasteiger partial charge in [-0.3, -0.25) is 19.5 Å². The molecule has 1 aromatic heterocycles. The SMILES string of the molecule is CCCOC(=O)Cc1ccc(NC(=O)c2cccc(CN3CCC(Nc4cccc5cnccc45)C3)c2)cc1. The average molecular weight is 523 g/mol. The third kappa shape index (κ3) is 7.00. The van der Waals surface area contributed by atoms with E-state index in [9.17, 15) is 9.59 Å². The zero-order valence-electron chi connectivity index (χ0n) is 22.2. The van der Waals surface area contributed by atoms with Gasteiger partial charge in [0, 0.05) is 65.8 Å². The standard InChI is InChI=1S/C32H34N4O3/c1-2-17-39-31(37)19-23-9-11-27(12-10-23)35-32(38)25-6-3-5-24(18-25)21-36-16-14-28(22-36)34-30-8-4-7-26-20-33-15-13-29(26)30/h3-13,15,18,20,28,34H,2,14,16-17,19,21-22H2,1H3,(H,35,38). The van der Waals surface area contributed by atoms with E-state index in [0.717, 1.165) is 54.7 Å². The van der Waals surface area contributed by atoms with Gasteiger partial charge in [-0.15, -0.1) is 0 Å². The number of amides is 1. The highest BCUT2D eigenvalue weighted by Crippen LogP contribution is 2.25. The Morgan fingerprint density at radius 3 is 2.72 bits per heavy atom. The fraction of sp³-hybridized carbons (Fsp3) is 0.281. The number of likely N-dealkylation sites (tertiary alicyclic amines) is 1. The van der Waals surface area contributed by atoms with Crippen LogP contribution in [-0.4, -0.2) is 47.5 Å². The minimum atomic E-state index is -0.239. The van der Waals surface area contributed by atoms with Crippen molar-refractivity contribution in [3.63, 3.8) is 0 Å². The van der Waals surface area contributed by atoms with Gasteiger partial charge in [0.05, 0.1) is 13.0 Å². The molecule has 1 aliphatic heterocycles. The molecule has 7 heteroatoms. The highest BCUT2D eigenvalue weighted by atomic mass is 16.5. The minimum Gasteiger partial charge on any atom is -0.465 e. The van der Waals surface area contributed by atoms with Crippen LogP contribution in [-0.2, 0) is 22.5 Å². The van der Waals surface area contributed by atoms with Gasteiger partial charge in [-0.05, 0) is 60.4 Å². The topological polar surface area (TPSA) is 83.6 Å². The van der Waals surface area contributed by atoms with E-state index in [1.54, 1.807) is 0 Å². The Labute approximate surface area is 229 Å². The Bertz CT molecular complexity index is 1430. The Kier molecular flexibility index (Phi) is 8.48. The van der Waals surface area contributed by atoms with E-state index in [-0.39, 0.29) is 18.3 Å². The maximum atomic E-state index is 12.9. The molecule has 2 heterocycles. The van der Waals surface area contributed by atoms with Crippen molar-refractivity contribution < 1.29 is 14.3 Å². The lowest BCUT2D eigenvalue weighted by atomic mass is 10.1. The minimum absolute atomic E-state index is 0.154. The van der Waals surface area contributed by atoms with E-state index in [2.05, 4.69) is 50.8 Å². The van der Waals surface area contributed by atoms with Crippen LogP contribution >= 0.6 is 0 Å². The number of benzene rings is 3. The fourth-order valence-corrected chi connectivity index (χ4v) is 4.97.